The van der Waals surface area contributed by atoms with Gasteiger partial charge in [-0.15, -0.1) is 5.10 Å². The first-order chi connectivity index (χ1) is 6.25. The molecular formula is C8H12N2O2S. The van der Waals surface area contributed by atoms with Gasteiger partial charge in [-0.2, -0.15) is 0 Å². The van der Waals surface area contributed by atoms with E-state index in [1.807, 2.05) is 6.92 Å². The van der Waals surface area contributed by atoms with Gasteiger partial charge in [-0.3, -0.25) is 4.79 Å². The summed E-state index contributed by atoms with van der Waals surface area (Å²) in [4.78, 5) is 12.0. The minimum Gasteiger partial charge on any atom is -0.373 e. The molecular weight excluding hydrogens is 188 g/mol. The summed E-state index contributed by atoms with van der Waals surface area (Å²) in [7, 11) is 0. The minimum atomic E-state index is -0.0269. The summed E-state index contributed by atoms with van der Waals surface area (Å²) in [6.07, 6.45) is 0.924. The number of Topliss-reactive ketones (excluding diaryl/α,β-unsaturated/α-hetero) is 1. The van der Waals surface area contributed by atoms with Crippen LogP contribution in [0.15, 0.2) is 0 Å². The van der Waals surface area contributed by atoms with Crippen LogP contribution in [0.25, 0.3) is 0 Å². The molecule has 0 atom stereocenters. The number of nitrogens with zero attached hydrogens (tertiary/aromatic N) is 2. The van der Waals surface area contributed by atoms with Crippen molar-refractivity contribution in [2.45, 2.75) is 20.3 Å². The van der Waals surface area contributed by atoms with Gasteiger partial charge in [0.1, 0.15) is 11.5 Å². The monoisotopic (exact) mass is 200 g/mol. The zero-order chi connectivity index (χ0) is 9.68. The molecule has 0 unspecified atom stereocenters. The Hall–Kier alpha value is -0.810. The molecule has 0 N–H and O–H groups in total. The molecule has 0 spiro atoms. The molecule has 1 aromatic heterocycles. The summed E-state index contributed by atoms with van der Waals surface area (Å²) >= 11 is 1.13. The van der Waals surface area contributed by atoms with E-state index in [0.29, 0.717) is 17.2 Å². The van der Waals surface area contributed by atoms with Gasteiger partial charge >= 0.3 is 0 Å². The molecule has 0 saturated heterocycles. The van der Waals surface area contributed by atoms with Crippen LogP contribution in [0.5, 0.6) is 0 Å². The highest BCUT2D eigenvalue weighted by Crippen LogP contribution is 2.09. The zero-order valence-corrected chi connectivity index (χ0v) is 8.56. The topological polar surface area (TPSA) is 52.1 Å². The van der Waals surface area contributed by atoms with Crippen LogP contribution < -0.4 is 0 Å². The van der Waals surface area contributed by atoms with Gasteiger partial charge in [0.15, 0.2) is 0 Å². The lowest BCUT2D eigenvalue weighted by molar-refractivity contribution is 0.0764. The average Bonchev–Trinajstić information content (AvgIpc) is 2.52. The SMILES string of the molecule is CCCOCC(=O)c1snnc1C. The predicted octanol–water partition coefficient (Wildman–Crippen LogP) is 1.46. The Morgan fingerprint density at radius 3 is 2.92 bits per heavy atom. The Morgan fingerprint density at radius 1 is 1.62 bits per heavy atom. The van der Waals surface area contributed by atoms with Crippen LogP contribution >= 0.6 is 11.5 Å². The lowest BCUT2D eigenvalue weighted by Crippen LogP contribution is -2.09. The van der Waals surface area contributed by atoms with Crippen LogP contribution in [-0.2, 0) is 4.74 Å². The Morgan fingerprint density at radius 2 is 2.38 bits per heavy atom. The maximum atomic E-state index is 11.4. The predicted molar refractivity (Wildman–Crippen MR) is 50.1 cm³/mol. The van der Waals surface area contributed by atoms with Crippen LogP contribution in [-0.4, -0.2) is 28.6 Å². The molecule has 0 aliphatic carbocycles. The molecule has 4 nitrogen and oxygen atoms in total. The van der Waals surface area contributed by atoms with E-state index in [0.717, 1.165) is 18.0 Å². The van der Waals surface area contributed by atoms with Crippen molar-refractivity contribution in [3.05, 3.63) is 10.6 Å². The molecule has 0 amide bonds. The van der Waals surface area contributed by atoms with E-state index in [2.05, 4.69) is 9.59 Å². The van der Waals surface area contributed by atoms with E-state index in [1.54, 1.807) is 6.92 Å². The molecule has 0 fully saturated rings. The van der Waals surface area contributed by atoms with E-state index in [9.17, 15) is 4.79 Å². The number of carbonyl (C=O) groups is 1. The fourth-order valence-electron chi connectivity index (χ4n) is 0.861. The molecule has 5 heteroatoms. The molecule has 0 aliphatic rings. The van der Waals surface area contributed by atoms with Crippen molar-refractivity contribution in [1.82, 2.24) is 9.59 Å². The van der Waals surface area contributed by atoms with Gasteiger partial charge < -0.3 is 4.74 Å². The number of ether oxygens (including phenoxy) is 1. The molecule has 1 aromatic rings. The number of aryl methyl sites for hydroxylation is 1. The Balaban J connectivity index is 2.45. The van der Waals surface area contributed by atoms with Crippen molar-refractivity contribution < 1.29 is 9.53 Å². The molecule has 1 rings (SSSR count). The lowest BCUT2D eigenvalue weighted by Gasteiger charge is -1.99. The summed E-state index contributed by atoms with van der Waals surface area (Å²) in [6.45, 7) is 4.54. The molecule has 0 aromatic carbocycles. The number of aromatic nitrogens is 2. The lowest BCUT2D eigenvalue weighted by atomic mass is 10.3. The first-order valence-corrected chi connectivity index (χ1v) is 4.93. The third-order valence-corrected chi connectivity index (χ3v) is 2.36. The van der Waals surface area contributed by atoms with Gasteiger partial charge in [-0.05, 0) is 24.9 Å². The molecule has 0 saturated carbocycles. The van der Waals surface area contributed by atoms with Crippen LogP contribution in [0.4, 0.5) is 0 Å². The summed E-state index contributed by atoms with van der Waals surface area (Å²) in [5, 5.41) is 3.76. The summed E-state index contributed by atoms with van der Waals surface area (Å²) < 4.78 is 8.81. The van der Waals surface area contributed by atoms with E-state index in [4.69, 9.17) is 4.74 Å². The van der Waals surface area contributed by atoms with Crippen LogP contribution in [0, 0.1) is 6.92 Å². The first kappa shape index (κ1) is 10.3. The number of hydrogen-bond acceptors (Lipinski definition) is 5. The molecule has 72 valence electrons. The van der Waals surface area contributed by atoms with Crippen LogP contribution in [0.3, 0.4) is 0 Å². The fourth-order valence-corrected chi connectivity index (χ4v) is 1.44. The number of hydrogen-bond donors (Lipinski definition) is 0. The Labute approximate surface area is 81.1 Å². The van der Waals surface area contributed by atoms with Gasteiger partial charge in [0, 0.05) is 6.61 Å². The molecule has 13 heavy (non-hydrogen) atoms. The van der Waals surface area contributed by atoms with Crippen molar-refractivity contribution in [2.75, 3.05) is 13.2 Å². The Kier molecular flexibility index (Phi) is 3.98. The zero-order valence-electron chi connectivity index (χ0n) is 7.74. The maximum Gasteiger partial charge on any atom is 0.201 e. The van der Waals surface area contributed by atoms with Gasteiger partial charge in [-0.25, -0.2) is 0 Å². The summed E-state index contributed by atoms with van der Waals surface area (Å²) in [6, 6.07) is 0. The van der Waals surface area contributed by atoms with Crippen LogP contribution in [0.1, 0.15) is 28.7 Å². The Bertz CT molecular complexity index is 285. The smallest absolute Gasteiger partial charge is 0.201 e. The van der Waals surface area contributed by atoms with Crippen molar-refractivity contribution in [3.63, 3.8) is 0 Å². The van der Waals surface area contributed by atoms with Gasteiger partial charge in [0.05, 0.1) is 5.69 Å². The van der Waals surface area contributed by atoms with Crippen molar-refractivity contribution in [3.8, 4) is 0 Å². The molecule has 1 heterocycles. The molecule has 0 radical (unpaired) electrons. The highest BCUT2D eigenvalue weighted by Gasteiger charge is 2.12. The quantitative estimate of drug-likeness (QED) is 0.533. The van der Waals surface area contributed by atoms with Gasteiger partial charge in [-0.1, -0.05) is 11.4 Å². The third kappa shape index (κ3) is 2.86. The third-order valence-electron chi connectivity index (χ3n) is 1.49. The normalized spacial score (nSPS) is 10.3. The summed E-state index contributed by atoms with van der Waals surface area (Å²) in [5.41, 5.74) is 0.690. The van der Waals surface area contributed by atoms with Crippen molar-refractivity contribution in [2.24, 2.45) is 0 Å². The number of carbonyl (C=O) groups excluding carboxylic acids is 1. The first-order valence-electron chi connectivity index (χ1n) is 4.15. The minimum absolute atomic E-state index is 0.0269. The summed E-state index contributed by atoms with van der Waals surface area (Å²) in [5.74, 6) is -0.0269. The fraction of sp³-hybridized carbons (Fsp3) is 0.625. The second kappa shape index (κ2) is 5.04. The van der Waals surface area contributed by atoms with E-state index >= 15 is 0 Å². The number of rotatable bonds is 5. The molecule has 0 aliphatic heterocycles. The highest BCUT2D eigenvalue weighted by atomic mass is 32.1. The molecule has 0 bridgehead atoms. The maximum absolute atomic E-state index is 11.4. The highest BCUT2D eigenvalue weighted by molar-refractivity contribution is 7.08. The van der Waals surface area contributed by atoms with Gasteiger partial charge in [0.25, 0.3) is 0 Å². The van der Waals surface area contributed by atoms with E-state index < -0.39 is 0 Å². The van der Waals surface area contributed by atoms with E-state index in [1.165, 1.54) is 0 Å². The van der Waals surface area contributed by atoms with E-state index in [-0.39, 0.29) is 12.4 Å². The second-order valence-corrected chi connectivity index (χ2v) is 3.42. The second-order valence-electron chi connectivity index (χ2n) is 2.66. The van der Waals surface area contributed by atoms with Crippen molar-refractivity contribution in [1.29, 1.82) is 0 Å². The van der Waals surface area contributed by atoms with Crippen molar-refractivity contribution >= 4 is 17.3 Å². The largest absolute Gasteiger partial charge is 0.373 e. The van der Waals surface area contributed by atoms with Gasteiger partial charge in [0.2, 0.25) is 5.78 Å². The number of ketones is 1. The van der Waals surface area contributed by atoms with Crippen LogP contribution in [0.2, 0.25) is 0 Å². The standard InChI is InChI=1S/C8H12N2O2S/c1-3-4-12-5-7(11)8-6(2)9-10-13-8/h3-5H2,1-2H3. The average molecular weight is 200 g/mol.